The smallest absolute Gasteiger partial charge is 0.224 e. The Balaban J connectivity index is 1.50. The molecule has 150 valence electrons. The summed E-state index contributed by atoms with van der Waals surface area (Å²) in [5.41, 5.74) is 2.04. The zero-order valence-corrected chi connectivity index (χ0v) is 17.9. The number of benzene rings is 2. The van der Waals surface area contributed by atoms with E-state index in [2.05, 4.69) is 17.1 Å². The number of carbonyl (C=O) groups excluding carboxylic acids is 1. The van der Waals surface area contributed by atoms with Gasteiger partial charge in [-0.2, -0.15) is 0 Å². The van der Waals surface area contributed by atoms with Crippen LogP contribution in [0.25, 0.3) is 0 Å². The number of nitrogens with one attached hydrogen (secondary N) is 1. The SMILES string of the molecule is CC1COC(CNC(=O)Cc2ccc(Cl)cc2)CN1Cc1ccc(Cl)c(Cl)c1. The summed E-state index contributed by atoms with van der Waals surface area (Å²) in [6, 6.07) is 13.3. The van der Waals surface area contributed by atoms with Gasteiger partial charge in [-0.3, -0.25) is 9.69 Å². The van der Waals surface area contributed by atoms with Crippen molar-refractivity contribution >= 4 is 40.7 Å². The molecule has 0 aromatic heterocycles. The molecule has 1 aliphatic heterocycles. The van der Waals surface area contributed by atoms with Crippen LogP contribution in [0.4, 0.5) is 0 Å². The first-order valence-electron chi connectivity index (χ1n) is 9.21. The first-order chi connectivity index (χ1) is 13.4. The summed E-state index contributed by atoms with van der Waals surface area (Å²) in [5, 5.41) is 4.75. The van der Waals surface area contributed by atoms with Gasteiger partial charge < -0.3 is 10.1 Å². The fraction of sp³-hybridized carbons (Fsp3) is 0.381. The van der Waals surface area contributed by atoms with Crippen molar-refractivity contribution < 1.29 is 9.53 Å². The van der Waals surface area contributed by atoms with E-state index >= 15 is 0 Å². The Kier molecular flexibility index (Phi) is 7.61. The molecule has 0 saturated carbocycles. The molecule has 1 heterocycles. The van der Waals surface area contributed by atoms with Crippen LogP contribution in [-0.4, -0.2) is 42.6 Å². The van der Waals surface area contributed by atoms with Crippen LogP contribution in [0, 0.1) is 0 Å². The largest absolute Gasteiger partial charge is 0.373 e. The number of halogens is 3. The molecule has 1 fully saturated rings. The van der Waals surface area contributed by atoms with E-state index in [0.29, 0.717) is 34.6 Å². The summed E-state index contributed by atoms with van der Waals surface area (Å²) in [4.78, 5) is 14.5. The topological polar surface area (TPSA) is 41.6 Å². The highest BCUT2D eigenvalue weighted by Crippen LogP contribution is 2.24. The maximum Gasteiger partial charge on any atom is 0.224 e. The van der Waals surface area contributed by atoms with Crippen LogP contribution in [0.1, 0.15) is 18.1 Å². The molecule has 2 unspecified atom stereocenters. The average molecular weight is 442 g/mol. The van der Waals surface area contributed by atoms with Crippen LogP contribution in [-0.2, 0) is 22.5 Å². The van der Waals surface area contributed by atoms with Crippen molar-refractivity contribution in [3.63, 3.8) is 0 Å². The first kappa shape index (κ1) is 21.4. The standard InChI is InChI=1S/C21H23Cl3N2O2/c1-14-13-28-18(10-25-21(27)9-15-2-5-17(22)6-3-15)12-26(14)11-16-4-7-19(23)20(24)8-16/h2-8,14,18H,9-13H2,1H3,(H,25,27). The average Bonchev–Trinajstić information content (AvgIpc) is 2.67. The van der Waals surface area contributed by atoms with Gasteiger partial charge in [0.25, 0.3) is 0 Å². The van der Waals surface area contributed by atoms with Crippen molar-refractivity contribution in [3.05, 3.63) is 68.7 Å². The number of hydrogen-bond donors (Lipinski definition) is 1. The van der Waals surface area contributed by atoms with Crippen LogP contribution < -0.4 is 5.32 Å². The van der Waals surface area contributed by atoms with Crippen molar-refractivity contribution in [2.24, 2.45) is 0 Å². The molecule has 28 heavy (non-hydrogen) atoms. The zero-order chi connectivity index (χ0) is 20.1. The predicted octanol–water partition coefficient (Wildman–Crippen LogP) is 4.60. The van der Waals surface area contributed by atoms with E-state index in [4.69, 9.17) is 39.5 Å². The fourth-order valence-electron chi connectivity index (χ4n) is 3.17. The molecule has 1 aliphatic rings. The van der Waals surface area contributed by atoms with E-state index in [1.807, 2.05) is 30.3 Å². The Labute approximate surface area is 180 Å². The highest BCUT2D eigenvalue weighted by atomic mass is 35.5. The third kappa shape index (κ3) is 6.10. The lowest BCUT2D eigenvalue weighted by atomic mass is 10.1. The normalized spacial score (nSPS) is 20.1. The number of nitrogens with zero attached hydrogens (tertiary/aromatic N) is 1. The van der Waals surface area contributed by atoms with Gasteiger partial charge in [-0.15, -0.1) is 0 Å². The van der Waals surface area contributed by atoms with E-state index in [9.17, 15) is 4.79 Å². The minimum atomic E-state index is -0.0480. The molecule has 1 saturated heterocycles. The van der Waals surface area contributed by atoms with Crippen molar-refractivity contribution in [1.29, 1.82) is 0 Å². The molecule has 4 nitrogen and oxygen atoms in total. The Morgan fingerprint density at radius 1 is 1.11 bits per heavy atom. The van der Waals surface area contributed by atoms with Crippen molar-refractivity contribution in [3.8, 4) is 0 Å². The van der Waals surface area contributed by atoms with Gasteiger partial charge >= 0.3 is 0 Å². The van der Waals surface area contributed by atoms with Gasteiger partial charge in [-0.05, 0) is 42.3 Å². The third-order valence-electron chi connectivity index (χ3n) is 4.81. The number of carbonyl (C=O) groups is 1. The maximum absolute atomic E-state index is 12.2. The minimum Gasteiger partial charge on any atom is -0.373 e. The Morgan fingerprint density at radius 3 is 2.54 bits per heavy atom. The van der Waals surface area contributed by atoms with Crippen LogP contribution in [0.2, 0.25) is 15.1 Å². The lowest BCUT2D eigenvalue weighted by Crippen LogP contribution is -2.51. The maximum atomic E-state index is 12.2. The van der Waals surface area contributed by atoms with Crippen LogP contribution in [0.3, 0.4) is 0 Å². The fourth-order valence-corrected chi connectivity index (χ4v) is 3.62. The van der Waals surface area contributed by atoms with Crippen LogP contribution in [0.15, 0.2) is 42.5 Å². The summed E-state index contributed by atoms with van der Waals surface area (Å²) in [5.74, 6) is -0.0272. The summed E-state index contributed by atoms with van der Waals surface area (Å²) >= 11 is 18.0. The summed E-state index contributed by atoms with van der Waals surface area (Å²) in [7, 11) is 0. The van der Waals surface area contributed by atoms with Crippen molar-refractivity contribution in [2.45, 2.75) is 32.0 Å². The molecule has 2 atom stereocenters. The number of rotatable bonds is 6. The molecule has 7 heteroatoms. The summed E-state index contributed by atoms with van der Waals surface area (Å²) < 4.78 is 5.90. The number of ether oxygens (including phenoxy) is 1. The molecule has 2 aromatic carbocycles. The highest BCUT2D eigenvalue weighted by Gasteiger charge is 2.26. The Bertz CT molecular complexity index is 814. The van der Waals surface area contributed by atoms with E-state index in [0.717, 1.165) is 24.2 Å². The van der Waals surface area contributed by atoms with Gasteiger partial charge in [0.1, 0.15) is 0 Å². The number of morpholine rings is 1. The molecule has 0 aliphatic carbocycles. The molecule has 0 spiro atoms. The van der Waals surface area contributed by atoms with Gasteiger partial charge in [0.15, 0.2) is 0 Å². The lowest BCUT2D eigenvalue weighted by Gasteiger charge is -2.38. The molecule has 0 bridgehead atoms. The molecule has 2 aromatic rings. The van der Waals surface area contributed by atoms with Gasteiger partial charge in [-0.1, -0.05) is 53.0 Å². The quantitative estimate of drug-likeness (QED) is 0.712. The van der Waals surface area contributed by atoms with Crippen molar-refractivity contribution in [2.75, 3.05) is 19.7 Å². The molecule has 1 amide bonds. The second kappa shape index (κ2) is 9.95. The van der Waals surface area contributed by atoms with Crippen LogP contribution >= 0.6 is 34.8 Å². The lowest BCUT2D eigenvalue weighted by molar-refractivity contribution is -0.122. The first-order valence-corrected chi connectivity index (χ1v) is 10.3. The number of hydrogen-bond acceptors (Lipinski definition) is 3. The predicted molar refractivity (Wildman–Crippen MR) is 114 cm³/mol. The molecule has 3 rings (SSSR count). The van der Waals surface area contributed by atoms with Gasteiger partial charge in [0.05, 0.1) is 29.2 Å². The van der Waals surface area contributed by atoms with Gasteiger partial charge in [0, 0.05) is 30.7 Å². The second-order valence-corrected chi connectivity index (χ2v) is 8.34. The second-order valence-electron chi connectivity index (χ2n) is 7.09. The van der Waals surface area contributed by atoms with E-state index < -0.39 is 0 Å². The van der Waals surface area contributed by atoms with E-state index in [-0.39, 0.29) is 18.1 Å². The molecular weight excluding hydrogens is 419 g/mol. The van der Waals surface area contributed by atoms with Crippen LogP contribution in [0.5, 0.6) is 0 Å². The van der Waals surface area contributed by atoms with Gasteiger partial charge in [-0.25, -0.2) is 0 Å². The third-order valence-corrected chi connectivity index (χ3v) is 5.80. The number of amides is 1. The molecule has 1 N–H and O–H groups in total. The minimum absolute atomic E-state index is 0.0272. The highest BCUT2D eigenvalue weighted by molar-refractivity contribution is 6.42. The molecule has 0 radical (unpaired) electrons. The zero-order valence-electron chi connectivity index (χ0n) is 15.6. The molecular formula is C21H23Cl3N2O2. The van der Waals surface area contributed by atoms with E-state index in [1.54, 1.807) is 12.1 Å². The monoisotopic (exact) mass is 440 g/mol. The summed E-state index contributed by atoms with van der Waals surface area (Å²) in [6.07, 6.45) is 0.279. The van der Waals surface area contributed by atoms with Crippen molar-refractivity contribution in [1.82, 2.24) is 10.2 Å². The van der Waals surface area contributed by atoms with E-state index in [1.165, 1.54) is 0 Å². The summed E-state index contributed by atoms with van der Waals surface area (Å²) in [6.45, 7) is 4.74. The Morgan fingerprint density at radius 2 is 1.82 bits per heavy atom. The van der Waals surface area contributed by atoms with Gasteiger partial charge in [0.2, 0.25) is 5.91 Å². The Hall–Kier alpha value is -1.30.